The Hall–Kier alpha value is -9.60. The quantitative estimate of drug-likeness (QED) is 0.143. The minimum absolute atomic E-state index is 0.830. The molecule has 0 saturated carbocycles. The minimum atomic E-state index is 0.830. The molecule has 6 aromatic heterocycles. The van der Waals surface area contributed by atoms with Gasteiger partial charge in [0.15, 0.2) is 16.9 Å². The smallest absolute Gasteiger partial charge is 0.164 e. The third kappa shape index (κ3) is 7.79. The van der Waals surface area contributed by atoms with Crippen LogP contribution in [0.15, 0.2) is 201 Å². The average molecular weight is 970 g/mol. The standard InChI is InChI=1S/C66H51N9/c1-40-16-7-10-22-58(40)73-61(70-55-19-13-31-67-64(55)73)46-25-28-52(43(4)34-46)49-37-50(53-29-26-47(35-44(53)5)62-71-56-20-14-32-68-65(56)74(62)59-23-11-8-17-41(59)2)39-51(38-49)54-30-27-48(36-45(54)6)63-72-57-21-15-33-69-66(57)75(63)60-24-12-9-18-42(60)3/h7-39H,1-6H3. The van der Waals surface area contributed by atoms with Crippen LogP contribution >= 0.6 is 0 Å². The van der Waals surface area contributed by atoms with Gasteiger partial charge in [-0.2, -0.15) is 0 Å². The summed E-state index contributed by atoms with van der Waals surface area (Å²) in [6.07, 6.45) is 5.52. The number of fused-ring (bicyclic) bond motifs is 3. The number of benzene rings is 7. The molecule has 0 saturated heterocycles. The van der Waals surface area contributed by atoms with Crippen molar-refractivity contribution >= 4 is 33.5 Å². The second kappa shape index (κ2) is 18.2. The van der Waals surface area contributed by atoms with E-state index in [-0.39, 0.29) is 0 Å². The van der Waals surface area contributed by atoms with E-state index in [0.717, 1.165) is 151 Å². The van der Waals surface area contributed by atoms with E-state index in [0.29, 0.717) is 0 Å². The molecule has 13 aromatic rings. The van der Waals surface area contributed by atoms with E-state index in [9.17, 15) is 0 Å². The number of hydrogen-bond donors (Lipinski definition) is 0. The highest BCUT2D eigenvalue weighted by Crippen LogP contribution is 2.41. The first kappa shape index (κ1) is 45.3. The summed E-state index contributed by atoms with van der Waals surface area (Å²) in [6, 6.07) is 64.4. The molecule has 0 spiro atoms. The van der Waals surface area contributed by atoms with Gasteiger partial charge in [0.1, 0.15) is 34.0 Å². The van der Waals surface area contributed by atoms with Gasteiger partial charge in [0.25, 0.3) is 0 Å². The van der Waals surface area contributed by atoms with Crippen molar-refractivity contribution in [2.75, 3.05) is 0 Å². The van der Waals surface area contributed by atoms with Crippen molar-refractivity contribution in [1.82, 2.24) is 43.6 Å². The minimum Gasteiger partial charge on any atom is -0.276 e. The zero-order valence-corrected chi connectivity index (χ0v) is 42.6. The van der Waals surface area contributed by atoms with Crippen LogP contribution in [0.25, 0.3) is 118 Å². The van der Waals surface area contributed by atoms with Gasteiger partial charge < -0.3 is 0 Å². The molecule has 0 radical (unpaired) electrons. The number of pyridine rings is 3. The first-order chi connectivity index (χ1) is 36.7. The molecule has 9 heteroatoms. The molecule has 0 fully saturated rings. The van der Waals surface area contributed by atoms with E-state index >= 15 is 0 Å². The maximum absolute atomic E-state index is 5.19. The van der Waals surface area contributed by atoms with Gasteiger partial charge in [0.05, 0.1) is 17.1 Å². The topological polar surface area (TPSA) is 92.1 Å². The van der Waals surface area contributed by atoms with Gasteiger partial charge in [0.2, 0.25) is 0 Å². The van der Waals surface area contributed by atoms with Crippen molar-refractivity contribution in [1.29, 1.82) is 0 Å². The number of para-hydroxylation sites is 3. The summed E-state index contributed by atoms with van der Waals surface area (Å²) in [6.45, 7) is 13.0. The van der Waals surface area contributed by atoms with E-state index in [1.807, 2.05) is 55.0 Å². The van der Waals surface area contributed by atoms with E-state index in [1.54, 1.807) is 0 Å². The van der Waals surface area contributed by atoms with E-state index < -0.39 is 0 Å². The summed E-state index contributed by atoms with van der Waals surface area (Å²) >= 11 is 0. The summed E-state index contributed by atoms with van der Waals surface area (Å²) < 4.78 is 6.57. The molecule has 75 heavy (non-hydrogen) atoms. The largest absolute Gasteiger partial charge is 0.276 e. The van der Waals surface area contributed by atoms with Crippen LogP contribution in [0.5, 0.6) is 0 Å². The van der Waals surface area contributed by atoms with Crippen LogP contribution in [-0.4, -0.2) is 43.6 Å². The summed E-state index contributed by atoms with van der Waals surface area (Å²) in [5, 5.41) is 0. The highest BCUT2D eigenvalue weighted by atomic mass is 15.2. The van der Waals surface area contributed by atoms with E-state index in [1.165, 1.54) is 0 Å². The fraction of sp³-hybridized carbons (Fsp3) is 0.0909. The van der Waals surface area contributed by atoms with Crippen LogP contribution in [-0.2, 0) is 0 Å². The third-order valence-electron chi connectivity index (χ3n) is 14.6. The van der Waals surface area contributed by atoms with Crippen molar-refractivity contribution in [2.24, 2.45) is 0 Å². The van der Waals surface area contributed by atoms with E-state index in [4.69, 9.17) is 29.9 Å². The number of aryl methyl sites for hydroxylation is 6. The molecule has 0 aliphatic rings. The molecule has 0 aliphatic heterocycles. The molecule has 360 valence electrons. The van der Waals surface area contributed by atoms with Crippen molar-refractivity contribution in [3.05, 3.63) is 234 Å². The Balaban J connectivity index is 0.960. The first-order valence-electron chi connectivity index (χ1n) is 25.3. The summed E-state index contributed by atoms with van der Waals surface area (Å²) in [7, 11) is 0. The molecule has 0 N–H and O–H groups in total. The van der Waals surface area contributed by atoms with Crippen molar-refractivity contribution in [3.63, 3.8) is 0 Å². The Morgan fingerprint density at radius 1 is 0.267 bits per heavy atom. The lowest BCUT2D eigenvalue weighted by Crippen LogP contribution is -2.01. The molecule has 9 nitrogen and oxygen atoms in total. The van der Waals surface area contributed by atoms with Crippen LogP contribution in [0.2, 0.25) is 0 Å². The monoisotopic (exact) mass is 969 g/mol. The zero-order valence-electron chi connectivity index (χ0n) is 42.6. The molecular formula is C66H51N9. The fourth-order valence-corrected chi connectivity index (χ4v) is 10.9. The van der Waals surface area contributed by atoms with Crippen molar-refractivity contribution in [2.45, 2.75) is 41.5 Å². The van der Waals surface area contributed by atoms with Gasteiger partial charge in [-0.1, -0.05) is 91.0 Å². The number of hydrogen-bond acceptors (Lipinski definition) is 6. The van der Waals surface area contributed by atoms with Gasteiger partial charge in [-0.15, -0.1) is 0 Å². The maximum atomic E-state index is 5.19. The predicted molar refractivity (Wildman–Crippen MR) is 305 cm³/mol. The van der Waals surface area contributed by atoms with E-state index in [2.05, 4.69) is 201 Å². The predicted octanol–water partition coefficient (Wildman–Crippen LogP) is 15.7. The Kier molecular flexibility index (Phi) is 11.0. The van der Waals surface area contributed by atoms with Gasteiger partial charge in [-0.05, 0) is 199 Å². The molecule has 0 unspecified atom stereocenters. The lowest BCUT2D eigenvalue weighted by Gasteiger charge is -2.17. The SMILES string of the molecule is Cc1cc(-c2nc3cccnc3n2-c2ccccc2C)ccc1-c1cc(-c2ccc(-c3nc4cccnc4n3-c3ccccc3C)cc2C)cc(-c2ccc(-c3nc4cccnc4n3-c3ccccc3C)cc2C)c1. The number of aromatic nitrogens is 9. The summed E-state index contributed by atoms with van der Waals surface area (Å²) in [4.78, 5) is 30.0. The molecule has 13 rings (SSSR count). The molecule has 0 atom stereocenters. The average Bonchev–Trinajstić information content (AvgIpc) is 4.13. The molecule has 0 amide bonds. The lowest BCUT2D eigenvalue weighted by atomic mass is 9.88. The van der Waals surface area contributed by atoms with Gasteiger partial charge in [0, 0.05) is 35.3 Å². The highest BCUT2D eigenvalue weighted by molar-refractivity contribution is 5.89. The molecule has 6 heterocycles. The van der Waals surface area contributed by atoms with Crippen LogP contribution in [0.4, 0.5) is 0 Å². The fourth-order valence-electron chi connectivity index (χ4n) is 10.9. The molecule has 0 bridgehead atoms. The molecular weight excluding hydrogens is 919 g/mol. The van der Waals surface area contributed by atoms with Gasteiger partial charge in [-0.25, -0.2) is 29.9 Å². The Morgan fingerprint density at radius 2 is 0.560 bits per heavy atom. The van der Waals surface area contributed by atoms with Gasteiger partial charge >= 0.3 is 0 Å². The summed E-state index contributed by atoms with van der Waals surface area (Å²) in [5.41, 5.74) is 24.9. The Bertz CT molecular complexity index is 3940. The van der Waals surface area contributed by atoms with Crippen LogP contribution in [0, 0.1) is 41.5 Å². The Morgan fingerprint density at radius 3 is 0.840 bits per heavy atom. The van der Waals surface area contributed by atoms with Crippen molar-refractivity contribution in [3.8, 4) is 84.6 Å². The Labute approximate surface area is 435 Å². The summed E-state index contributed by atoms with van der Waals surface area (Å²) in [5.74, 6) is 2.56. The molecule has 7 aromatic carbocycles. The third-order valence-corrected chi connectivity index (χ3v) is 14.6. The van der Waals surface area contributed by atoms with Crippen LogP contribution < -0.4 is 0 Å². The second-order valence-electron chi connectivity index (χ2n) is 19.6. The van der Waals surface area contributed by atoms with Crippen LogP contribution in [0.1, 0.15) is 33.4 Å². The number of nitrogens with zero attached hydrogens (tertiary/aromatic N) is 9. The first-order valence-corrected chi connectivity index (χ1v) is 25.3. The normalized spacial score (nSPS) is 11.6. The maximum Gasteiger partial charge on any atom is 0.164 e. The lowest BCUT2D eigenvalue weighted by molar-refractivity contribution is 1.06. The van der Waals surface area contributed by atoms with Crippen LogP contribution in [0.3, 0.4) is 0 Å². The molecule has 0 aliphatic carbocycles. The number of rotatable bonds is 9. The van der Waals surface area contributed by atoms with Gasteiger partial charge in [-0.3, -0.25) is 13.7 Å². The highest BCUT2D eigenvalue weighted by Gasteiger charge is 2.22. The second-order valence-corrected chi connectivity index (χ2v) is 19.6. The number of imidazole rings is 3. The zero-order chi connectivity index (χ0) is 50.9. The van der Waals surface area contributed by atoms with Crippen molar-refractivity contribution < 1.29 is 0 Å².